The average molecular weight is 359 g/mol. The van der Waals surface area contributed by atoms with Crippen LogP contribution in [0, 0.1) is 16.2 Å². The van der Waals surface area contributed by atoms with Crippen LogP contribution in [0.2, 0.25) is 0 Å². The summed E-state index contributed by atoms with van der Waals surface area (Å²) in [5.74, 6) is 0.887. The van der Waals surface area contributed by atoms with Crippen molar-refractivity contribution in [1.29, 1.82) is 0 Å². The van der Waals surface area contributed by atoms with Crippen molar-refractivity contribution in [3.63, 3.8) is 0 Å². The van der Waals surface area contributed by atoms with Gasteiger partial charge in [-0.3, -0.25) is 4.79 Å². The third-order valence-electron chi connectivity index (χ3n) is 5.59. The summed E-state index contributed by atoms with van der Waals surface area (Å²) in [5, 5.41) is 6.59. The minimum Gasteiger partial charge on any atom is -0.409 e. The molecule has 0 bridgehead atoms. The van der Waals surface area contributed by atoms with E-state index in [0.717, 1.165) is 18.6 Å². The molecule has 1 aromatic heterocycles. The number of H-pyrrole nitrogens is 1. The topological polar surface area (TPSA) is 71.4 Å². The molecule has 4 rings (SSSR count). The maximum absolute atomic E-state index is 12.9. The van der Waals surface area contributed by atoms with E-state index >= 15 is 0 Å². The predicted octanol–water partition coefficient (Wildman–Crippen LogP) is 3.28. The van der Waals surface area contributed by atoms with Gasteiger partial charge in [-0.1, -0.05) is 13.8 Å². The summed E-state index contributed by atoms with van der Waals surface area (Å²) in [6.45, 7) is 5.16. The smallest absolute Gasteiger partial charge is 0.284 e. The molecule has 1 aromatic carbocycles. The fourth-order valence-electron chi connectivity index (χ4n) is 4.52. The number of ether oxygens (including phenoxy) is 1. The molecule has 7 heteroatoms. The van der Waals surface area contributed by atoms with Gasteiger partial charge < -0.3 is 14.1 Å². The lowest BCUT2D eigenvalue weighted by molar-refractivity contribution is -0.139. The Labute approximate surface area is 151 Å². The molecule has 2 fully saturated rings. The number of aromatic nitrogens is 2. The highest BCUT2D eigenvalue weighted by molar-refractivity contribution is 7.71. The third-order valence-corrected chi connectivity index (χ3v) is 5.77. The minimum atomic E-state index is -0.0146. The molecule has 132 valence electrons. The number of nitrogens with zero attached hydrogens (tertiary/aromatic N) is 2. The van der Waals surface area contributed by atoms with Gasteiger partial charge in [0.15, 0.2) is 0 Å². The lowest BCUT2D eigenvalue weighted by Crippen LogP contribution is -2.66. The molecule has 6 nitrogen and oxygen atoms in total. The fraction of sp³-hybridized carbons (Fsp3) is 0.500. The summed E-state index contributed by atoms with van der Waals surface area (Å²) in [6.07, 6.45) is 1.29. The van der Waals surface area contributed by atoms with Crippen molar-refractivity contribution in [1.82, 2.24) is 15.1 Å². The average Bonchev–Trinajstić information content (AvgIpc) is 3.22. The van der Waals surface area contributed by atoms with E-state index in [1.807, 2.05) is 24.1 Å². The maximum Gasteiger partial charge on any atom is 0.284 e. The number of amides is 1. The van der Waals surface area contributed by atoms with E-state index < -0.39 is 0 Å². The van der Waals surface area contributed by atoms with Crippen LogP contribution in [0.1, 0.15) is 30.6 Å². The SMILES string of the molecule is CN(C(=O)c1ccc(-c2n[nH]c(=S)o2)cc1)[C@@H]1[C@@H]2CCO[C@@H]2C1(C)C. The molecular formula is C18H21N3O3S. The Morgan fingerprint density at radius 3 is 2.72 bits per heavy atom. The zero-order valence-electron chi connectivity index (χ0n) is 14.5. The van der Waals surface area contributed by atoms with E-state index in [-0.39, 0.29) is 28.3 Å². The quantitative estimate of drug-likeness (QED) is 0.852. The molecule has 0 spiro atoms. The molecule has 1 N–H and O–H groups in total. The Kier molecular flexibility index (Phi) is 3.81. The molecule has 25 heavy (non-hydrogen) atoms. The van der Waals surface area contributed by atoms with Crippen molar-refractivity contribution in [2.24, 2.45) is 11.3 Å². The van der Waals surface area contributed by atoms with Gasteiger partial charge in [0.05, 0.1) is 6.10 Å². The summed E-state index contributed by atoms with van der Waals surface area (Å²) in [5.41, 5.74) is 1.41. The van der Waals surface area contributed by atoms with E-state index in [9.17, 15) is 4.79 Å². The van der Waals surface area contributed by atoms with Gasteiger partial charge in [0.1, 0.15) is 0 Å². The molecule has 3 atom stereocenters. The monoisotopic (exact) mass is 359 g/mol. The lowest BCUT2D eigenvalue weighted by atomic mass is 9.56. The van der Waals surface area contributed by atoms with Crippen molar-refractivity contribution < 1.29 is 13.9 Å². The standard InChI is InChI=1S/C18H21N3O3S/c1-18(2)13(12-8-9-23-14(12)18)21(3)16(22)11-6-4-10(5-7-11)15-19-20-17(25)24-15/h4-7,12-14H,8-9H2,1-3H3,(H,20,25)/t12-,13+,14-/m0/s1. The molecule has 2 aromatic rings. The van der Waals surface area contributed by atoms with Crippen molar-refractivity contribution in [2.75, 3.05) is 13.7 Å². The van der Waals surface area contributed by atoms with Gasteiger partial charge in [-0.05, 0) is 42.9 Å². The van der Waals surface area contributed by atoms with Crippen molar-refractivity contribution in [2.45, 2.75) is 32.4 Å². The highest BCUT2D eigenvalue weighted by Gasteiger charge is 2.61. The Morgan fingerprint density at radius 1 is 1.36 bits per heavy atom. The number of rotatable bonds is 3. The Balaban J connectivity index is 1.53. The fourth-order valence-corrected chi connectivity index (χ4v) is 4.65. The molecule has 0 unspecified atom stereocenters. The zero-order chi connectivity index (χ0) is 17.8. The first-order valence-corrected chi connectivity index (χ1v) is 8.85. The number of carbonyl (C=O) groups is 1. The van der Waals surface area contributed by atoms with Gasteiger partial charge in [-0.15, -0.1) is 5.10 Å². The van der Waals surface area contributed by atoms with Crippen molar-refractivity contribution in [3.8, 4) is 11.5 Å². The second-order valence-corrected chi connectivity index (χ2v) is 7.79. The van der Waals surface area contributed by atoms with E-state index in [2.05, 4.69) is 24.0 Å². The number of benzene rings is 1. The molecule has 2 heterocycles. The summed E-state index contributed by atoms with van der Waals surface area (Å²) < 4.78 is 11.1. The van der Waals surface area contributed by atoms with E-state index in [4.69, 9.17) is 21.4 Å². The normalized spacial score (nSPS) is 26.8. The summed E-state index contributed by atoms with van der Waals surface area (Å²) in [4.78, 5) is 15.0. The maximum atomic E-state index is 12.9. The van der Waals surface area contributed by atoms with E-state index in [1.165, 1.54) is 0 Å². The molecule has 1 amide bonds. The van der Waals surface area contributed by atoms with Crippen molar-refractivity contribution in [3.05, 3.63) is 34.7 Å². The Bertz CT molecular complexity index is 855. The van der Waals surface area contributed by atoms with Crippen LogP contribution < -0.4 is 0 Å². The summed E-state index contributed by atoms with van der Waals surface area (Å²) in [7, 11) is 1.89. The first-order valence-electron chi connectivity index (χ1n) is 8.44. The predicted molar refractivity (Wildman–Crippen MR) is 94.6 cm³/mol. The minimum absolute atomic E-state index is 0.0146. The van der Waals surface area contributed by atoms with Crippen LogP contribution in [0.25, 0.3) is 11.5 Å². The third kappa shape index (κ3) is 2.53. The van der Waals surface area contributed by atoms with Crippen LogP contribution in [0.15, 0.2) is 28.7 Å². The first-order chi connectivity index (χ1) is 11.9. The van der Waals surface area contributed by atoms with E-state index in [0.29, 0.717) is 17.4 Å². The lowest BCUT2D eigenvalue weighted by Gasteiger charge is -2.57. The van der Waals surface area contributed by atoms with Gasteiger partial charge in [0.25, 0.3) is 10.7 Å². The zero-order valence-corrected chi connectivity index (χ0v) is 15.3. The number of aromatic amines is 1. The van der Waals surface area contributed by atoms with Crippen LogP contribution in [-0.4, -0.2) is 46.8 Å². The number of fused-ring (bicyclic) bond motifs is 1. The summed E-state index contributed by atoms with van der Waals surface area (Å²) >= 11 is 4.89. The Hall–Kier alpha value is -1.99. The van der Waals surface area contributed by atoms with Crippen LogP contribution >= 0.6 is 12.2 Å². The van der Waals surface area contributed by atoms with Gasteiger partial charge >= 0.3 is 0 Å². The summed E-state index contributed by atoms with van der Waals surface area (Å²) in [6, 6.07) is 7.45. The number of hydrogen-bond acceptors (Lipinski definition) is 5. The van der Waals surface area contributed by atoms with Gasteiger partial charge in [-0.25, -0.2) is 5.10 Å². The highest BCUT2D eigenvalue weighted by Crippen LogP contribution is 2.54. The number of hydrogen-bond donors (Lipinski definition) is 1. The second-order valence-electron chi connectivity index (χ2n) is 7.42. The molecule has 0 radical (unpaired) electrons. The molecule has 2 aliphatic rings. The molecule has 1 saturated carbocycles. The number of nitrogens with one attached hydrogen (secondary N) is 1. The molecular weight excluding hydrogens is 338 g/mol. The largest absolute Gasteiger partial charge is 0.409 e. The first kappa shape index (κ1) is 16.5. The van der Waals surface area contributed by atoms with Gasteiger partial charge in [-0.2, -0.15) is 0 Å². The Morgan fingerprint density at radius 2 is 2.08 bits per heavy atom. The number of carbonyl (C=O) groups excluding carboxylic acids is 1. The highest BCUT2D eigenvalue weighted by atomic mass is 32.1. The van der Waals surface area contributed by atoms with Crippen LogP contribution in [0.4, 0.5) is 0 Å². The van der Waals surface area contributed by atoms with Gasteiger partial charge in [0.2, 0.25) is 5.89 Å². The van der Waals surface area contributed by atoms with Crippen LogP contribution in [0.5, 0.6) is 0 Å². The van der Waals surface area contributed by atoms with Crippen LogP contribution in [0.3, 0.4) is 0 Å². The molecule has 1 aliphatic heterocycles. The van der Waals surface area contributed by atoms with Crippen LogP contribution in [-0.2, 0) is 4.74 Å². The second kappa shape index (κ2) is 5.78. The molecule has 1 saturated heterocycles. The van der Waals surface area contributed by atoms with E-state index in [1.54, 1.807) is 12.1 Å². The van der Waals surface area contributed by atoms with Gasteiger partial charge in [0, 0.05) is 42.2 Å². The molecule has 1 aliphatic carbocycles. The van der Waals surface area contributed by atoms with Crippen molar-refractivity contribution >= 4 is 18.1 Å².